The van der Waals surface area contributed by atoms with Crippen LogP contribution in [0, 0.1) is 0 Å². The molecule has 0 spiro atoms. The number of halogens is 2. The molecule has 1 aromatic rings. The monoisotopic (exact) mass is 302 g/mol. The number of ether oxygens (including phenoxy) is 2. The Morgan fingerprint density at radius 1 is 1.50 bits per heavy atom. The quantitative estimate of drug-likeness (QED) is 0.788. The van der Waals surface area contributed by atoms with Gasteiger partial charge in [-0.3, -0.25) is 0 Å². The number of carbonyl (C=O) groups is 1. The van der Waals surface area contributed by atoms with Crippen molar-refractivity contribution < 1.29 is 14.3 Å². The molecule has 0 saturated carbocycles. The summed E-state index contributed by atoms with van der Waals surface area (Å²) in [6.45, 7) is 0.232. The lowest BCUT2D eigenvalue weighted by atomic mass is 10.1. The standard InChI is InChI=1S/C11H8BrClO3/c1-15-9-3-2-6(13)4-7(9)8-5-16-11(14)10(8)12/h2-4H,5H2,1H3. The van der Waals surface area contributed by atoms with Crippen LogP contribution in [0.1, 0.15) is 5.56 Å². The van der Waals surface area contributed by atoms with Crippen molar-refractivity contribution in [3.63, 3.8) is 0 Å². The number of rotatable bonds is 2. The van der Waals surface area contributed by atoms with Crippen LogP contribution < -0.4 is 4.74 Å². The van der Waals surface area contributed by atoms with Gasteiger partial charge in [0.05, 0.1) is 7.11 Å². The van der Waals surface area contributed by atoms with Crippen molar-refractivity contribution in [2.24, 2.45) is 0 Å². The maximum Gasteiger partial charge on any atom is 0.346 e. The summed E-state index contributed by atoms with van der Waals surface area (Å²) in [5, 5.41) is 0.586. The SMILES string of the molecule is COc1ccc(Cl)cc1C1=C(Br)C(=O)OC1. The lowest BCUT2D eigenvalue weighted by molar-refractivity contribution is -0.135. The van der Waals surface area contributed by atoms with Gasteiger partial charge in [0, 0.05) is 16.2 Å². The fourth-order valence-electron chi connectivity index (χ4n) is 1.50. The van der Waals surface area contributed by atoms with E-state index in [0.29, 0.717) is 15.3 Å². The molecule has 16 heavy (non-hydrogen) atoms. The fraction of sp³-hybridized carbons (Fsp3) is 0.182. The Labute approximate surface area is 106 Å². The molecule has 2 rings (SSSR count). The third kappa shape index (κ3) is 1.95. The van der Waals surface area contributed by atoms with Gasteiger partial charge in [-0.1, -0.05) is 11.6 Å². The number of hydrogen-bond donors (Lipinski definition) is 0. The van der Waals surface area contributed by atoms with Crippen LogP contribution in [-0.4, -0.2) is 19.7 Å². The predicted molar refractivity (Wildman–Crippen MR) is 64.8 cm³/mol. The molecular formula is C11H8BrClO3. The number of hydrogen-bond acceptors (Lipinski definition) is 3. The Morgan fingerprint density at radius 2 is 2.25 bits per heavy atom. The van der Waals surface area contributed by atoms with E-state index in [2.05, 4.69) is 15.9 Å². The fourth-order valence-corrected chi connectivity index (χ4v) is 2.11. The minimum Gasteiger partial charge on any atom is -0.496 e. The zero-order valence-electron chi connectivity index (χ0n) is 8.42. The number of esters is 1. The van der Waals surface area contributed by atoms with Crippen LogP contribution in [0.3, 0.4) is 0 Å². The Kier molecular flexibility index (Phi) is 3.21. The summed E-state index contributed by atoms with van der Waals surface area (Å²) < 4.78 is 10.6. The molecule has 5 heteroatoms. The van der Waals surface area contributed by atoms with E-state index in [1.54, 1.807) is 25.3 Å². The van der Waals surface area contributed by atoms with Crippen molar-refractivity contribution in [2.75, 3.05) is 13.7 Å². The third-order valence-corrected chi connectivity index (χ3v) is 3.32. The van der Waals surface area contributed by atoms with Gasteiger partial charge in [0.1, 0.15) is 16.8 Å². The Balaban J connectivity index is 2.55. The van der Waals surface area contributed by atoms with Crippen LogP contribution in [0.4, 0.5) is 0 Å². The Morgan fingerprint density at radius 3 is 2.81 bits per heavy atom. The van der Waals surface area contributed by atoms with Gasteiger partial charge in [-0.25, -0.2) is 4.79 Å². The van der Waals surface area contributed by atoms with E-state index in [-0.39, 0.29) is 12.6 Å². The average Bonchev–Trinajstić information content (AvgIpc) is 2.60. The molecule has 84 valence electrons. The zero-order valence-corrected chi connectivity index (χ0v) is 10.8. The number of benzene rings is 1. The van der Waals surface area contributed by atoms with E-state index < -0.39 is 0 Å². The molecule has 0 radical (unpaired) electrons. The smallest absolute Gasteiger partial charge is 0.346 e. The highest BCUT2D eigenvalue weighted by molar-refractivity contribution is 9.12. The molecule has 1 aliphatic rings. The van der Waals surface area contributed by atoms with Crippen LogP contribution >= 0.6 is 27.5 Å². The first kappa shape index (κ1) is 11.5. The van der Waals surface area contributed by atoms with E-state index in [9.17, 15) is 4.79 Å². The van der Waals surface area contributed by atoms with Crippen molar-refractivity contribution in [2.45, 2.75) is 0 Å². The molecule has 1 aromatic carbocycles. The van der Waals surface area contributed by atoms with E-state index in [1.165, 1.54) is 0 Å². The van der Waals surface area contributed by atoms with Gasteiger partial charge < -0.3 is 9.47 Å². The minimum absolute atomic E-state index is 0.232. The normalized spacial score (nSPS) is 15.3. The van der Waals surface area contributed by atoms with Crippen LogP contribution in [0.15, 0.2) is 22.7 Å². The van der Waals surface area contributed by atoms with Crippen molar-refractivity contribution in [3.8, 4) is 5.75 Å². The molecule has 0 bridgehead atoms. The number of cyclic esters (lactones) is 1. The predicted octanol–water partition coefficient (Wildman–Crippen LogP) is 3.01. The van der Waals surface area contributed by atoms with Gasteiger partial charge in [-0.15, -0.1) is 0 Å². The second-order valence-corrected chi connectivity index (χ2v) is 4.44. The summed E-state index contributed by atoms with van der Waals surface area (Å²) in [6.07, 6.45) is 0. The summed E-state index contributed by atoms with van der Waals surface area (Å²) >= 11 is 9.12. The third-order valence-electron chi connectivity index (χ3n) is 2.28. The Bertz CT molecular complexity index is 482. The van der Waals surface area contributed by atoms with Gasteiger partial charge >= 0.3 is 5.97 Å². The van der Waals surface area contributed by atoms with Crippen molar-refractivity contribution >= 4 is 39.1 Å². The first-order valence-corrected chi connectivity index (χ1v) is 5.70. The van der Waals surface area contributed by atoms with Crippen LogP contribution in [-0.2, 0) is 9.53 Å². The van der Waals surface area contributed by atoms with Crippen LogP contribution in [0.25, 0.3) is 5.57 Å². The maximum atomic E-state index is 11.2. The molecule has 0 unspecified atom stereocenters. The second-order valence-electron chi connectivity index (χ2n) is 3.21. The summed E-state index contributed by atoms with van der Waals surface area (Å²) in [7, 11) is 1.57. The first-order chi connectivity index (χ1) is 7.63. The lowest BCUT2D eigenvalue weighted by Crippen LogP contribution is -1.94. The van der Waals surface area contributed by atoms with Crippen LogP contribution in [0.2, 0.25) is 5.02 Å². The van der Waals surface area contributed by atoms with Gasteiger partial charge in [0.15, 0.2) is 0 Å². The van der Waals surface area contributed by atoms with Gasteiger partial charge in [0.25, 0.3) is 0 Å². The molecule has 1 heterocycles. The molecule has 0 aromatic heterocycles. The summed E-state index contributed by atoms with van der Waals surface area (Å²) in [4.78, 5) is 11.2. The van der Waals surface area contributed by atoms with Crippen molar-refractivity contribution in [1.82, 2.24) is 0 Å². The van der Waals surface area contributed by atoms with Gasteiger partial charge in [-0.2, -0.15) is 0 Å². The van der Waals surface area contributed by atoms with E-state index in [0.717, 1.165) is 11.1 Å². The highest BCUT2D eigenvalue weighted by Crippen LogP contribution is 2.36. The first-order valence-electron chi connectivity index (χ1n) is 4.53. The van der Waals surface area contributed by atoms with E-state index in [1.807, 2.05) is 0 Å². The highest BCUT2D eigenvalue weighted by Gasteiger charge is 2.25. The van der Waals surface area contributed by atoms with Gasteiger partial charge in [-0.05, 0) is 34.1 Å². The van der Waals surface area contributed by atoms with Crippen molar-refractivity contribution in [1.29, 1.82) is 0 Å². The number of methoxy groups -OCH3 is 1. The molecule has 0 N–H and O–H groups in total. The highest BCUT2D eigenvalue weighted by atomic mass is 79.9. The molecule has 0 fully saturated rings. The maximum absolute atomic E-state index is 11.2. The van der Waals surface area contributed by atoms with Gasteiger partial charge in [0.2, 0.25) is 0 Å². The molecule has 0 atom stereocenters. The summed E-state index contributed by atoms with van der Waals surface area (Å²) in [6, 6.07) is 5.24. The molecule has 0 aliphatic carbocycles. The molecule has 3 nitrogen and oxygen atoms in total. The lowest BCUT2D eigenvalue weighted by Gasteiger charge is -2.08. The van der Waals surface area contributed by atoms with E-state index >= 15 is 0 Å². The largest absolute Gasteiger partial charge is 0.496 e. The minimum atomic E-state index is -0.364. The second kappa shape index (κ2) is 4.47. The Hall–Kier alpha value is -1.00. The molecule has 1 aliphatic heterocycles. The summed E-state index contributed by atoms with van der Waals surface area (Å²) in [5.41, 5.74) is 1.53. The van der Waals surface area contributed by atoms with Crippen LogP contribution in [0.5, 0.6) is 5.75 Å². The molecular weight excluding hydrogens is 295 g/mol. The molecule has 0 saturated heterocycles. The topological polar surface area (TPSA) is 35.5 Å². The summed E-state index contributed by atoms with van der Waals surface area (Å²) in [5.74, 6) is 0.298. The number of carbonyl (C=O) groups excluding carboxylic acids is 1. The zero-order chi connectivity index (χ0) is 11.7. The molecule has 0 amide bonds. The van der Waals surface area contributed by atoms with E-state index in [4.69, 9.17) is 21.1 Å². The average molecular weight is 304 g/mol. The van der Waals surface area contributed by atoms with Crippen molar-refractivity contribution in [3.05, 3.63) is 33.3 Å².